The number of phenols is 1. The Hall–Kier alpha value is -3.15. The third-order valence-electron chi connectivity index (χ3n) is 5.73. The van der Waals surface area contributed by atoms with Crippen LogP contribution >= 0.6 is 11.8 Å². The maximum atomic E-state index is 13.2. The average molecular weight is 439 g/mol. The quantitative estimate of drug-likeness (QED) is 0.754. The number of ether oxygens (including phenoxy) is 2. The summed E-state index contributed by atoms with van der Waals surface area (Å²) in [5.41, 5.74) is 1.16. The van der Waals surface area contributed by atoms with E-state index in [1.165, 1.54) is 30.9 Å². The molecule has 4 rings (SSSR count). The Labute approximate surface area is 184 Å². The van der Waals surface area contributed by atoms with Crippen molar-refractivity contribution in [2.24, 2.45) is 0 Å². The molecule has 2 aliphatic heterocycles. The van der Waals surface area contributed by atoms with E-state index in [4.69, 9.17) is 9.47 Å². The predicted molar refractivity (Wildman–Crippen MR) is 116 cm³/mol. The minimum atomic E-state index is -1.51. The zero-order valence-electron chi connectivity index (χ0n) is 17.4. The van der Waals surface area contributed by atoms with Gasteiger partial charge < -0.3 is 19.7 Å². The maximum absolute atomic E-state index is 13.2. The first-order valence-electron chi connectivity index (χ1n) is 9.68. The molecule has 2 aromatic rings. The van der Waals surface area contributed by atoms with E-state index in [9.17, 15) is 20.3 Å². The highest BCUT2D eigenvalue weighted by molar-refractivity contribution is 8.03. The number of benzene rings is 2. The fourth-order valence-electron chi connectivity index (χ4n) is 4.06. The lowest BCUT2D eigenvalue weighted by Crippen LogP contribution is -2.48. The van der Waals surface area contributed by atoms with Gasteiger partial charge in [0.15, 0.2) is 17.2 Å². The molecule has 160 valence electrons. The largest absolute Gasteiger partial charge is 0.502 e. The molecule has 1 amide bonds. The second kappa shape index (κ2) is 7.84. The van der Waals surface area contributed by atoms with E-state index in [-0.39, 0.29) is 35.3 Å². The van der Waals surface area contributed by atoms with Gasteiger partial charge in [-0.3, -0.25) is 9.69 Å². The minimum Gasteiger partial charge on any atom is -0.502 e. The number of thioether (sulfide) groups is 1. The number of aliphatic hydroxyl groups is 1. The van der Waals surface area contributed by atoms with Crippen LogP contribution in [0.3, 0.4) is 0 Å². The molecule has 31 heavy (non-hydrogen) atoms. The standard InChI is InChI=1S/C23H22N2O5S/c1-13-4-6-15(7-5-13)23(28)12-31-22-17(11-24)16(10-20(26)25(22)23)14-8-18(29-2)21(27)19(9-14)30-3/h4-9,16,27-28H,10,12H2,1-3H3/t16-,23-/m1/s1. The highest BCUT2D eigenvalue weighted by atomic mass is 32.2. The molecule has 2 heterocycles. The van der Waals surface area contributed by atoms with Crippen molar-refractivity contribution in [3.63, 3.8) is 0 Å². The Morgan fingerprint density at radius 3 is 2.35 bits per heavy atom. The summed E-state index contributed by atoms with van der Waals surface area (Å²) in [7, 11) is 2.84. The van der Waals surface area contributed by atoms with Crippen molar-refractivity contribution >= 4 is 17.7 Å². The Morgan fingerprint density at radius 2 is 1.81 bits per heavy atom. The van der Waals surface area contributed by atoms with Gasteiger partial charge in [0.2, 0.25) is 11.7 Å². The first kappa shape index (κ1) is 21.1. The Morgan fingerprint density at radius 1 is 1.19 bits per heavy atom. The molecule has 1 saturated heterocycles. The summed E-state index contributed by atoms with van der Waals surface area (Å²) in [4.78, 5) is 14.6. The van der Waals surface area contributed by atoms with Gasteiger partial charge in [-0.05, 0) is 24.6 Å². The Balaban J connectivity index is 1.82. The summed E-state index contributed by atoms with van der Waals surface area (Å²) in [6, 6.07) is 12.8. The van der Waals surface area contributed by atoms with Crippen molar-refractivity contribution in [3.8, 4) is 23.3 Å². The number of allylic oxidation sites excluding steroid dienone is 1. The summed E-state index contributed by atoms with van der Waals surface area (Å²) in [5.74, 6) is -0.341. The molecule has 0 radical (unpaired) electrons. The lowest BCUT2D eigenvalue weighted by atomic mass is 9.85. The number of hydrogen-bond donors (Lipinski definition) is 2. The topological polar surface area (TPSA) is 103 Å². The third kappa shape index (κ3) is 3.30. The number of amides is 1. The lowest BCUT2D eigenvalue weighted by Gasteiger charge is -2.38. The number of carbonyl (C=O) groups is 1. The molecule has 1 fully saturated rings. The van der Waals surface area contributed by atoms with Crippen LogP contribution in [-0.2, 0) is 10.5 Å². The van der Waals surface area contributed by atoms with Gasteiger partial charge in [0.05, 0.1) is 36.6 Å². The van der Waals surface area contributed by atoms with Crippen molar-refractivity contribution in [1.82, 2.24) is 4.90 Å². The molecule has 2 aromatic carbocycles. The fraction of sp³-hybridized carbons (Fsp3) is 0.304. The van der Waals surface area contributed by atoms with Crippen molar-refractivity contribution < 1.29 is 24.5 Å². The number of nitrogens with zero attached hydrogens (tertiary/aromatic N) is 2. The number of carbonyl (C=O) groups excluding carboxylic acids is 1. The number of hydrogen-bond acceptors (Lipinski definition) is 7. The zero-order valence-corrected chi connectivity index (χ0v) is 18.2. The van der Waals surface area contributed by atoms with Crippen LogP contribution in [0.2, 0.25) is 0 Å². The van der Waals surface area contributed by atoms with Crippen molar-refractivity contribution in [2.45, 2.75) is 25.0 Å². The summed E-state index contributed by atoms with van der Waals surface area (Å²) < 4.78 is 10.5. The van der Waals surface area contributed by atoms with Gasteiger partial charge in [-0.1, -0.05) is 29.8 Å². The number of nitriles is 1. The van der Waals surface area contributed by atoms with Gasteiger partial charge in [0.25, 0.3) is 0 Å². The van der Waals surface area contributed by atoms with E-state index < -0.39 is 11.6 Å². The molecule has 0 unspecified atom stereocenters. The molecule has 2 aliphatic rings. The number of aryl methyl sites for hydroxylation is 1. The average Bonchev–Trinajstić information content (AvgIpc) is 3.13. The normalized spacial score (nSPS) is 22.9. The third-order valence-corrected chi connectivity index (χ3v) is 6.95. The first-order chi connectivity index (χ1) is 14.8. The van der Waals surface area contributed by atoms with Crippen LogP contribution in [0.4, 0.5) is 0 Å². The predicted octanol–water partition coefficient (Wildman–Crippen LogP) is 3.36. The van der Waals surface area contributed by atoms with Gasteiger partial charge >= 0.3 is 0 Å². The monoisotopic (exact) mass is 438 g/mol. The van der Waals surface area contributed by atoms with Crippen LogP contribution in [0.1, 0.15) is 29.0 Å². The van der Waals surface area contributed by atoms with E-state index in [1.807, 2.05) is 19.1 Å². The lowest BCUT2D eigenvalue weighted by molar-refractivity contribution is -0.149. The molecular formula is C23H22N2O5S. The smallest absolute Gasteiger partial charge is 0.231 e. The van der Waals surface area contributed by atoms with Gasteiger partial charge in [0, 0.05) is 17.9 Å². The van der Waals surface area contributed by atoms with Crippen LogP contribution < -0.4 is 9.47 Å². The SMILES string of the molecule is COc1cc([C@H]2CC(=O)N3C(=C2C#N)SC[C@@]3(O)c2ccc(C)cc2)cc(OC)c1O. The summed E-state index contributed by atoms with van der Waals surface area (Å²) in [6.45, 7) is 1.95. The molecule has 7 nitrogen and oxygen atoms in total. The Kier molecular flexibility index (Phi) is 5.33. The van der Waals surface area contributed by atoms with Gasteiger partial charge in [-0.25, -0.2) is 0 Å². The van der Waals surface area contributed by atoms with Crippen LogP contribution in [-0.4, -0.2) is 41.0 Å². The van der Waals surface area contributed by atoms with E-state index >= 15 is 0 Å². The van der Waals surface area contributed by atoms with E-state index in [0.717, 1.165) is 5.56 Å². The fourth-order valence-corrected chi connectivity index (χ4v) is 5.42. The second-order valence-electron chi connectivity index (χ2n) is 7.56. The first-order valence-corrected chi connectivity index (χ1v) is 10.7. The molecule has 2 N–H and O–H groups in total. The molecule has 2 atom stereocenters. The van der Waals surface area contributed by atoms with Crippen LogP contribution in [0.25, 0.3) is 0 Å². The summed E-state index contributed by atoms with van der Waals surface area (Å²) in [5, 5.41) is 32.1. The minimum absolute atomic E-state index is 0.00178. The molecule has 0 bridgehead atoms. The zero-order chi connectivity index (χ0) is 22.3. The van der Waals surface area contributed by atoms with Gasteiger partial charge in [-0.2, -0.15) is 5.26 Å². The number of phenolic OH excluding ortho intramolecular Hbond substituents is 1. The number of methoxy groups -OCH3 is 2. The highest BCUT2D eigenvalue weighted by Crippen LogP contribution is 2.52. The van der Waals surface area contributed by atoms with Crippen molar-refractivity contribution in [3.05, 3.63) is 63.7 Å². The van der Waals surface area contributed by atoms with Crippen molar-refractivity contribution in [2.75, 3.05) is 20.0 Å². The molecule has 8 heteroatoms. The van der Waals surface area contributed by atoms with E-state index in [2.05, 4.69) is 6.07 Å². The molecular weight excluding hydrogens is 416 g/mol. The van der Waals surface area contributed by atoms with Crippen LogP contribution in [0.15, 0.2) is 47.0 Å². The van der Waals surface area contributed by atoms with Crippen LogP contribution in [0.5, 0.6) is 17.2 Å². The van der Waals surface area contributed by atoms with Crippen LogP contribution in [0, 0.1) is 18.3 Å². The van der Waals surface area contributed by atoms with Gasteiger partial charge in [-0.15, -0.1) is 11.8 Å². The second-order valence-corrected chi connectivity index (χ2v) is 8.53. The number of rotatable bonds is 4. The highest BCUT2D eigenvalue weighted by Gasteiger charge is 2.51. The van der Waals surface area contributed by atoms with E-state index in [1.54, 1.807) is 24.3 Å². The molecule has 0 aliphatic carbocycles. The Bertz CT molecular complexity index is 1100. The van der Waals surface area contributed by atoms with Crippen molar-refractivity contribution in [1.29, 1.82) is 5.26 Å². The summed E-state index contributed by atoms with van der Waals surface area (Å²) >= 11 is 1.29. The van der Waals surface area contributed by atoms with E-state index in [0.29, 0.717) is 21.7 Å². The summed E-state index contributed by atoms with van der Waals surface area (Å²) in [6.07, 6.45) is -0.00178. The maximum Gasteiger partial charge on any atom is 0.231 e. The molecule has 0 saturated carbocycles. The number of fused-ring (bicyclic) bond motifs is 1. The number of aromatic hydroxyl groups is 1. The van der Waals surface area contributed by atoms with Gasteiger partial charge in [0.1, 0.15) is 0 Å². The molecule has 0 aromatic heterocycles. The molecule has 0 spiro atoms.